The summed E-state index contributed by atoms with van der Waals surface area (Å²) in [6, 6.07) is 6.88. The molecule has 1 aromatic rings. The Hall–Kier alpha value is -2.09. The minimum absolute atomic E-state index is 0.158. The van der Waals surface area contributed by atoms with E-state index in [0.717, 1.165) is 6.42 Å². The lowest BCUT2D eigenvalue weighted by atomic mass is 10.2. The minimum Gasteiger partial charge on any atom is -0.480 e. The van der Waals surface area contributed by atoms with Gasteiger partial charge in [-0.2, -0.15) is 0 Å². The lowest BCUT2D eigenvalue weighted by molar-refractivity contribution is -0.138. The Balaban J connectivity index is 2.64. The van der Waals surface area contributed by atoms with Crippen molar-refractivity contribution in [1.29, 1.82) is 0 Å². The monoisotopic (exact) mass is 343 g/mol. The molecular weight excluding hydrogens is 322 g/mol. The van der Waals surface area contributed by atoms with Crippen LogP contribution in [0.25, 0.3) is 0 Å². The number of hydrogen-bond acceptors (Lipinski definition) is 5. The molecule has 7 nitrogen and oxygen atoms in total. The summed E-state index contributed by atoms with van der Waals surface area (Å²) in [5.41, 5.74) is 0.558. The number of alkyl carbamates (subject to hydrolysis) is 1. The van der Waals surface area contributed by atoms with Crippen LogP contribution >= 0.6 is 0 Å². The maximum absolute atomic E-state index is 12.1. The predicted octanol–water partition coefficient (Wildman–Crippen LogP) is 1.58. The summed E-state index contributed by atoms with van der Waals surface area (Å²) in [5.74, 6) is -2.40. The quantitative estimate of drug-likeness (QED) is 0.659. The molecule has 0 heterocycles. The third-order valence-electron chi connectivity index (χ3n) is 2.97. The van der Waals surface area contributed by atoms with Gasteiger partial charge in [0.25, 0.3) is 0 Å². The van der Waals surface area contributed by atoms with Crippen molar-refractivity contribution in [2.24, 2.45) is 0 Å². The van der Waals surface area contributed by atoms with E-state index < -0.39 is 33.7 Å². The number of carboxylic acids is 1. The van der Waals surface area contributed by atoms with Crippen LogP contribution in [-0.2, 0) is 25.1 Å². The van der Waals surface area contributed by atoms with Crippen LogP contribution in [0, 0.1) is 0 Å². The van der Waals surface area contributed by atoms with Crippen molar-refractivity contribution in [3.63, 3.8) is 0 Å². The van der Waals surface area contributed by atoms with Gasteiger partial charge >= 0.3 is 12.1 Å². The van der Waals surface area contributed by atoms with E-state index in [1.165, 1.54) is 0 Å². The van der Waals surface area contributed by atoms with Gasteiger partial charge in [0.05, 0.1) is 18.1 Å². The standard InChI is InChI=1S/C15H21NO6S/c1-2-3-9-22-15(19)16-13(14(17)18)11-23(20,21)10-12-7-5-4-6-8-12/h4-8,13H,2-3,9-11H2,1H3,(H,16,19)(H,17,18). The van der Waals surface area contributed by atoms with Gasteiger partial charge in [-0.1, -0.05) is 43.7 Å². The van der Waals surface area contributed by atoms with E-state index in [4.69, 9.17) is 9.84 Å². The number of benzene rings is 1. The van der Waals surface area contributed by atoms with Crippen molar-refractivity contribution in [2.75, 3.05) is 12.4 Å². The van der Waals surface area contributed by atoms with Crippen LogP contribution in [0.5, 0.6) is 0 Å². The van der Waals surface area contributed by atoms with Crippen molar-refractivity contribution < 1.29 is 27.9 Å². The molecule has 1 unspecified atom stereocenters. The molecule has 1 atom stereocenters. The largest absolute Gasteiger partial charge is 0.480 e. The third-order valence-corrected chi connectivity index (χ3v) is 4.59. The van der Waals surface area contributed by atoms with E-state index in [2.05, 4.69) is 5.32 Å². The number of amides is 1. The summed E-state index contributed by atoms with van der Waals surface area (Å²) in [4.78, 5) is 22.6. The first-order chi connectivity index (χ1) is 10.8. The molecule has 1 rings (SSSR count). The van der Waals surface area contributed by atoms with Crippen LogP contribution in [0.3, 0.4) is 0 Å². The number of unbranched alkanes of at least 4 members (excludes halogenated alkanes) is 1. The number of carboxylic acid groups (broad SMARTS) is 1. The zero-order valence-corrected chi connectivity index (χ0v) is 13.7. The molecule has 0 aliphatic rings. The van der Waals surface area contributed by atoms with Gasteiger partial charge in [-0.3, -0.25) is 0 Å². The van der Waals surface area contributed by atoms with Gasteiger partial charge in [0, 0.05) is 0 Å². The second-order valence-electron chi connectivity index (χ2n) is 5.06. The highest BCUT2D eigenvalue weighted by atomic mass is 32.2. The van der Waals surface area contributed by atoms with E-state index >= 15 is 0 Å². The zero-order valence-electron chi connectivity index (χ0n) is 12.9. The minimum atomic E-state index is -3.70. The number of nitrogens with one attached hydrogen (secondary N) is 1. The van der Waals surface area contributed by atoms with E-state index in [0.29, 0.717) is 12.0 Å². The van der Waals surface area contributed by atoms with Gasteiger partial charge in [-0.05, 0) is 12.0 Å². The Kier molecular flexibility index (Phi) is 7.53. The number of rotatable bonds is 9. The molecule has 0 aliphatic carbocycles. The molecule has 0 saturated carbocycles. The van der Waals surface area contributed by atoms with Gasteiger partial charge in [-0.15, -0.1) is 0 Å². The van der Waals surface area contributed by atoms with Gasteiger partial charge in [0.15, 0.2) is 9.84 Å². The summed E-state index contributed by atoms with van der Waals surface area (Å²) in [6.45, 7) is 2.07. The fourth-order valence-electron chi connectivity index (χ4n) is 1.81. The molecule has 0 radical (unpaired) electrons. The molecule has 128 valence electrons. The van der Waals surface area contributed by atoms with Crippen LogP contribution in [0.4, 0.5) is 4.79 Å². The summed E-state index contributed by atoms with van der Waals surface area (Å²) in [7, 11) is -3.70. The molecule has 0 aromatic heterocycles. The Morgan fingerprint density at radius 1 is 1.26 bits per heavy atom. The topological polar surface area (TPSA) is 110 Å². The summed E-state index contributed by atoms with van der Waals surface area (Å²) in [6.07, 6.45) is 0.541. The Morgan fingerprint density at radius 3 is 2.48 bits per heavy atom. The average Bonchev–Trinajstić information content (AvgIpc) is 2.47. The fourth-order valence-corrected chi connectivity index (χ4v) is 3.36. The number of carbonyl (C=O) groups excluding carboxylic acids is 1. The zero-order chi connectivity index (χ0) is 17.3. The number of hydrogen-bond donors (Lipinski definition) is 2. The summed E-state index contributed by atoms with van der Waals surface area (Å²) >= 11 is 0. The molecule has 8 heteroatoms. The van der Waals surface area contributed by atoms with Gasteiger partial charge in [0.1, 0.15) is 6.04 Å². The van der Waals surface area contributed by atoms with Crippen LogP contribution in [0.1, 0.15) is 25.3 Å². The molecule has 0 bridgehead atoms. The van der Waals surface area contributed by atoms with E-state index in [1.54, 1.807) is 30.3 Å². The SMILES string of the molecule is CCCCOC(=O)NC(CS(=O)(=O)Cc1ccccc1)C(=O)O. The number of aliphatic carboxylic acids is 1. The number of sulfone groups is 1. The molecule has 0 aliphatic heterocycles. The highest BCUT2D eigenvalue weighted by molar-refractivity contribution is 7.90. The smallest absolute Gasteiger partial charge is 0.407 e. The van der Waals surface area contributed by atoms with Crippen molar-refractivity contribution in [2.45, 2.75) is 31.6 Å². The van der Waals surface area contributed by atoms with Crippen LogP contribution in [-0.4, -0.2) is 44.0 Å². The van der Waals surface area contributed by atoms with Crippen molar-refractivity contribution >= 4 is 21.9 Å². The lowest BCUT2D eigenvalue weighted by Gasteiger charge is -2.15. The van der Waals surface area contributed by atoms with Gasteiger partial charge in [-0.25, -0.2) is 18.0 Å². The molecule has 0 fully saturated rings. The number of carbonyl (C=O) groups is 2. The Bertz CT molecular complexity index is 614. The highest BCUT2D eigenvalue weighted by Crippen LogP contribution is 2.08. The third kappa shape index (κ3) is 7.64. The van der Waals surface area contributed by atoms with Crippen LogP contribution in [0.15, 0.2) is 30.3 Å². The molecule has 2 N–H and O–H groups in total. The van der Waals surface area contributed by atoms with E-state index in [1.807, 2.05) is 6.92 Å². The predicted molar refractivity (Wildman–Crippen MR) is 84.7 cm³/mol. The molecule has 1 amide bonds. The Labute approximate surface area is 135 Å². The van der Waals surface area contributed by atoms with E-state index in [9.17, 15) is 18.0 Å². The van der Waals surface area contributed by atoms with Crippen molar-refractivity contribution in [3.8, 4) is 0 Å². The molecular formula is C15H21NO6S. The lowest BCUT2D eigenvalue weighted by Crippen LogP contribution is -2.45. The molecule has 0 saturated heterocycles. The fraction of sp³-hybridized carbons (Fsp3) is 0.467. The van der Waals surface area contributed by atoms with Crippen LogP contribution in [0.2, 0.25) is 0 Å². The second-order valence-corrected chi connectivity index (χ2v) is 7.17. The second kappa shape index (κ2) is 9.14. The first-order valence-electron chi connectivity index (χ1n) is 7.24. The normalized spacial score (nSPS) is 12.4. The average molecular weight is 343 g/mol. The first kappa shape index (κ1) is 19.0. The van der Waals surface area contributed by atoms with Crippen LogP contribution < -0.4 is 5.32 Å². The van der Waals surface area contributed by atoms with Gasteiger partial charge in [0.2, 0.25) is 0 Å². The summed E-state index contributed by atoms with van der Waals surface area (Å²) in [5, 5.41) is 11.2. The maximum Gasteiger partial charge on any atom is 0.407 e. The maximum atomic E-state index is 12.1. The van der Waals surface area contributed by atoms with Crippen molar-refractivity contribution in [1.82, 2.24) is 5.32 Å². The number of ether oxygens (including phenoxy) is 1. The summed E-state index contributed by atoms with van der Waals surface area (Å²) < 4.78 is 29.0. The first-order valence-corrected chi connectivity index (χ1v) is 9.06. The van der Waals surface area contributed by atoms with Crippen molar-refractivity contribution in [3.05, 3.63) is 35.9 Å². The Morgan fingerprint density at radius 2 is 1.91 bits per heavy atom. The molecule has 0 spiro atoms. The molecule has 1 aromatic carbocycles. The van der Waals surface area contributed by atoms with Gasteiger partial charge < -0.3 is 15.2 Å². The van der Waals surface area contributed by atoms with E-state index in [-0.39, 0.29) is 12.4 Å². The highest BCUT2D eigenvalue weighted by Gasteiger charge is 2.27. The molecule has 23 heavy (non-hydrogen) atoms.